The maximum atomic E-state index is 12.8. The summed E-state index contributed by atoms with van der Waals surface area (Å²) in [5.41, 5.74) is 7.60. The molecule has 2 aromatic carbocycles. The molecule has 0 bridgehead atoms. The van der Waals surface area contributed by atoms with Crippen molar-refractivity contribution in [3.05, 3.63) is 82.0 Å². The van der Waals surface area contributed by atoms with E-state index in [0.717, 1.165) is 24.1 Å². The van der Waals surface area contributed by atoms with Crippen LogP contribution >= 0.6 is 11.3 Å². The normalized spacial score (nSPS) is 13.0. The predicted molar refractivity (Wildman–Crippen MR) is 116 cm³/mol. The number of hydrogen-bond acceptors (Lipinski definition) is 5. The highest BCUT2D eigenvalue weighted by Gasteiger charge is 2.28. The van der Waals surface area contributed by atoms with Crippen molar-refractivity contribution in [2.45, 2.75) is 17.7 Å². The Kier molecular flexibility index (Phi) is 6.53. The topological polar surface area (TPSA) is 118 Å². The Morgan fingerprint density at radius 3 is 2.27 bits per heavy atom. The lowest BCUT2D eigenvalue weighted by molar-refractivity contribution is 0.0697. The summed E-state index contributed by atoms with van der Waals surface area (Å²) in [4.78, 5) is 21.3. The lowest BCUT2D eigenvalue weighted by Crippen LogP contribution is -2.35. The molecule has 1 aliphatic rings. The Labute approximate surface area is 178 Å². The lowest BCUT2D eigenvalue weighted by Gasteiger charge is -2.30. The van der Waals surface area contributed by atoms with E-state index in [4.69, 9.17) is 10.8 Å². The summed E-state index contributed by atoms with van der Waals surface area (Å²) < 4.78 is 27.1. The highest BCUT2D eigenvalue weighted by atomic mass is 32.2. The Morgan fingerprint density at radius 2 is 1.70 bits per heavy atom. The van der Waals surface area contributed by atoms with Crippen LogP contribution in [0.1, 0.15) is 32.7 Å². The number of amides is 1. The number of rotatable bonds is 4. The molecule has 0 aliphatic carbocycles. The van der Waals surface area contributed by atoms with Crippen LogP contribution in [0.3, 0.4) is 0 Å². The average Bonchev–Trinajstić information content (AvgIpc) is 3.29. The minimum absolute atomic E-state index is 0.161. The van der Waals surface area contributed by atoms with Crippen LogP contribution in [-0.2, 0) is 16.4 Å². The largest absolute Gasteiger partial charge is 0.478 e. The van der Waals surface area contributed by atoms with Gasteiger partial charge in [0.1, 0.15) is 0 Å². The van der Waals surface area contributed by atoms with Crippen LogP contribution in [0.2, 0.25) is 0 Å². The van der Waals surface area contributed by atoms with Gasteiger partial charge in [0, 0.05) is 17.5 Å². The van der Waals surface area contributed by atoms with Gasteiger partial charge in [0.05, 0.1) is 16.1 Å². The van der Waals surface area contributed by atoms with Gasteiger partial charge in [-0.2, -0.15) is 11.3 Å². The first-order chi connectivity index (χ1) is 14.3. The first kappa shape index (κ1) is 21.5. The zero-order chi connectivity index (χ0) is 21.7. The smallest absolute Gasteiger partial charge is 0.336 e. The van der Waals surface area contributed by atoms with Gasteiger partial charge in [-0.3, -0.25) is 9.10 Å². The van der Waals surface area contributed by atoms with Crippen molar-refractivity contribution in [1.82, 2.24) is 0 Å². The number of carboxylic acids is 1. The van der Waals surface area contributed by atoms with Crippen LogP contribution in [-0.4, -0.2) is 31.9 Å². The van der Waals surface area contributed by atoms with Crippen molar-refractivity contribution in [3.8, 4) is 0 Å². The summed E-state index contributed by atoms with van der Waals surface area (Å²) in [6.45, 7) is 0.455. The van der Waals surface area contributed by atoms with Crippen molar-refractivity contribution in [2.75, 3.05) is 10.8 Å². The summed E-state index contributed by atoms with van der Waals surface area (Å²) in [7, 11) is -3.64. The zero-order valence-corrected chi connectivity index (χ0v) is 17.5. The molecule has 0 unspecified atom stereocenters. The van der Waals surface area contributed by atoms with Crippen LogP contribution < -0.4 is 10.0 Å². The van der Waals surface area contributed by atoms with Gasteiger partial charge in [0.15, 0.2) is 0 Å². The molecule has 9 heteroatoms. The Morgan fingerprint density at radius 1 is 1.00 bits per heavy atom. The predicted octanol–water partition coefficient (Wildman–Crippen LogP) is 3.37. The van der Waals surface area contributed by atoms with E-state index in [-0.39, 0.29) is 10.5 Å². The minimum Gasteiger partial charge on any atom is -0.478 e. The van der Waals surface area contributed by atoms with Gasteiger partial charge in [-0.05, 0) is 60.2 Å². The third kappa shape index (κ3) is 4.69. The second kappa shape index (κ2) is 9.10. The Hall–Kier alpha value is -3.17. The molecule has 0 spiro atoms. The SMILES string of the molecule is NC(=O)c1ccc(S(=O)(=O)N2CCCc3ccccc32)cc1.O=C(O)c1ccsc1. The summed E-state index contributed by atoms with van der Waals surface area (Å²) in [6, 6.07) is 14.8. The summed E-state index contributed by atoms with van der Waals surface area (Å²) in [6.07, 6.45) is 1.67. The molecule has 0 atom stereocenters. The fourth-order valence-corrected chi connectivity index (χ4v) is 5.22. The van der Waals surface area contributed by atoms with E-state index in [0.29, 0.717) is 12.1 Å². The molecule has 30 heavy (non-hydrogen) atoms. The van der Waals surface area contributed by atoms with Crippen molar-refractivity contribution in [3.63, 3.8) is 0 Å². The van der Waals surface area contributed by atoms with E-state index in [1.54, 1.807) is 16.8 Å². The minimum atomic E-state index is -3.64. The number of primary amides is 1. The number of para-hydroxylation sites is 1. The lowest BCUT2D eigenvalue weighted by atomic mass is 10.0. The van der Waals surface area contributed by atoms with Crippen molar-refractivity contribution < 1.29 is 23.1 Å². The number of sulfonamides is 1. The molecule has 1 aliphatic heterocycles. The van der Waals surface area contributed by atoms with Gasteiger partial charge in [-0.1, -0.05) is 18.2 Å². The molecule has 3 aromatic rings. The molecule has 1 aromatic heterocycles. The number of nitrogens with zero attached hydrogens (tertiary/aromatic N) is 1. The molecule has 3 N–H and O–H groups in total. The Balaban J connectivity index is 0.000000269. The number of anilines is 1. The number of nitrogens with two attached hydrogens (primary N) is 1. The summed E-state index contributed by atoms with van der Waals surface area (Å²) >= 11 is 1.39. The maximum absolute atomic E-state index is 12.8. The number of hydrogen-bond donors (Lipinski definition) is 2. The number of benzene rings is 2. The van der Waals surface area contributed by atoms with E-state index in [1.807, 2.05) is 24.3 Å². The zero-order valence-electron chi connectivity index (χ0n) is 15.9. The molecule has 156 valence electrons. The van der Waals surface area contributed by atoms with Crippen LogP contribution in [0, 0.1) is 0 Å². The number of aromatic carboxylic acids is 1. The number of carboxylic acid groups (broad SMARTS) is 1. The number of carbonyl (C=O) groups excluding carboxylic acids is 1. The second-order valence-corrected chi connectivity index (χ2v) is 9.16. The van der Waals surface area contributed by atoms with Gasteiger partial charge in [-0.25, -0.2) is 13.2 Å². The van der Waals surface area contributed by atoms with E-state index in [1.165, 1.54) is 39.9 Å². The quantitative estimate of drug-likeness (QED) is 0.640. The summed E-state index contributed by atoms with van der Waals surface area (Å²) in [5, 5.41) is 11.6. The molecular weight excluding hydrogens is 424 g/mol. The first-order valence-corrected chi connectivity index (χ1v) is 11.4. The van der Waals surface area contributed by atoms with Gasteiger partial charge in [-0.15, -0.1) is 0 Å². The van der Waals surface area contributed by atoms with Crippen LogP contribution in [0.5, 0.6) is 0 Å². The van der Waals surface area contributed by atoms with Gasteiger partial charge >= 0.3 is 5.97 Å². The van der Waals surface area contributed by atoms with Gasteiger partial charge in [0.2, 0.25) is 5.91 Å². The first-order valence-electron chi connectivity index (χ1n) is 9.06. The number of aryl methyl sites for hydroxylation is 1. The van der Waals surface area contributed by atoms with Crippen molar-refractivity contribution in [1.29, 1.82) is 0 Å². The highest BCUT2D eigenvalue weighted by Crippen LogP contribution is 2.31. The monoisotopic (exact) mass is 444 g/mol. The van der Waals surface area contributed by atoms with Crippen LogP contribution in [0.4, 0.5) is 5.69 Å². The van der Waals surface area contributed by atoms with Gasteiger partial charge < -0.3 is 10.8 Å². The van der Waals surface area contributed by atoms with Crippen LogP contribution in [0.25, 0.3) is 0 Å². The second-order valence-electron chi connectivity index (χ2n) is 6.52. The van der Waals surface area contributed by atoms with Gasteiger partial charge in [0.25, 0.3) is 10.0 Å². The standard InChI is InChI=1S/C16H16N2O3S.C5H4O2S/c17-16(19)13-7-9-14(10-8-13)22(20,21)18-11-3-5-12-4-1-2-6-15(12)18;6-5(7)4-1-2-8-3-4/h1-2,4,6-10H,3,5,11H2,(H2,17,19);1-3H,(H,6,7). The molecule has 2 heterocycles. The highest BCUT2D eigenvalue weighted by molar-refractivity contribution is 7.92. The molecule has 4 rings (SSSR count). The van der Waals surface area contributed by atoms with E-state index < -0.39 is 21.9 Å². The number of fused-ring (bicyclic) bond motifs is 1. The van der Waals surface area contributed by atoms with E-state index >= 15 is 0 Å². The van der Waals surface area contributed by atoms with Crippen molar-refractivity contribution in [2.24, 2.45) is 5.73 Å². The Bertz CT molecular complexity index is 1140. The third-order valence-corrected chi connectivity index (χ3v) is 7.07. The summed E-state index contributed by atoms with van der Waals surface area (Å²) in [5.74, 6) is -1.43. The number of thiophene rings is 1. The molecular formula is C21H20N2O5S2. The molecule has 0 saturated heterocycles. The molecule has 0 radical (unpaired) electrons. The molecule has 1 amide bonds. The van der Waals surface area contributed by atoms with E-state index in [2.05, 4.69) is 0 Å². The third-order valence-electron chi connectivity index (χ3n) is 4.56. The molecule has 0 fully saturated rings. The van der Waals surface area contributed by atoms with Crippen molar-refractivity contribution >= 4 is 38.9 Å². The maximum Gasteiger partial charge on any atom is 0.336 e. The average molecular weight is 445 g/mol. The fourth-order valence-electron chi connectivity index (χ4n) is 3.05. The molecule has 0 saturated carbocycles. The fraction of sp³-hybridized carbons (Fsp3) is 0.143. The molecule has 7 nitrogen and oxygen atoms in total. The number of carbonyl (C=O) groups is 2. The van der Waals surface area contributed by atoms with Crippen LogP contribution in [0.15, 0.2) is 70.3 Å². The van der Waals surface area contributed by atoms with E-state index in [9.17, 15) is 18.0 Å².